The van der Waals surface area contributed by atoms with Gasteiger partial charge in [-0.05, 0) is 42.7 Å². The Morgan fingerprint density at radius 1 is 1.10 bits per heavy atom. The number of nitrogens with one attached hydrogen (secondary N) is 1. The van der Waals surface area contributed by atoms with Gasteiger partial charge in [-0.2, -0.15) is 0 Å². The van der Waals surface area contributed by atoms with Crippen LogP contribution in [-0.2, 0) is 37.0 Å². The van der Waals surface area contributed by atoms with E-state index in [1.54, 1.807) is 24.3 Å². The van der Waals surface area contributed by atoms with Gasteiger partial charge >= 0.3 is 11.9 Å². The minimum atomic E-state index is -1.78. The number of thiazole rings is 1. The summed E-state index contributed by atoms with van der Waals surface area (Å²) in [6.45, 7) is 4.03. The summed E-state index contributed by atoms with van der Waals surface area (Å²) in [5, 5.41) is 46.0. The molecule has 0 unspecified atom stereocenters. The summed E-state index contributed by atoms with van der Waals surface area (Å²) in [6.07, 6.45) is 4.17. The lowest BCUT2D eigenvalue weighted by atomic mass is 10.0. The number of phenols is 2. The molecule has 1 saturated heterocycles. The van der Waals surface area contributed by atoms with Gasteiger partial charge in [0, 0.05) is 23.1 Å². The van der Waals surface area contributed by atoms with Crippen molar-refractivity contribution in [3.8, 4) is 11.5 Å². The Balaban J connectivity index is 1.24. The predicted octanol–water partition coefficient (Wildman–Crippen LogP) is 2.99. The van der Waals surface area contributed by atoms with Crippen LogP contribution in [0.4, 0.5) is 5.13 Å². The van der Waals surface area contributed by atoms with E-state index in [4.69, 9.17) is 10.6 Å². The van der Waals surface area contributed by atoms with Crippen LogP contribution in [0.1, 0.15) is 36.2 Å². The van der Waals surface area contributed by atoms with Crippen molar-refractivity contribution in [1.29, 1.82) is 0 Å². The first-order chi connectivity index (χ1) is 24.5. The number of aromatic nitrogens is 1. The number of anilines is 1. The number of hydrogen-bond acceptors (Lipinski definition) is 12. The zero-order valence-corrected chi connectivity index (χ0v) is 30.4. The number of nitrogens with zero attached hydrogens (tertiary/aromatic N) is 4. The van der Waals surface area contributed by atoms with Crippen molar-refractivity contribution in [2.24, 2.45) is 5.16 Å². The molecule has 52 heavy (non-hydrogen) atoms. The minimum absolute atomic E-state index is 0.0166. The van der Waals surface area contributed by atoms with Gasteiger partial charge in [-0.15, -0.1) is 23.1 Å². The Morgan fingerprint density at radius 2 is 1.79 bits per heavy atom. The number of hydrogen-bond donors (Lipinski definition) is 6. The number of benzene rings is 2. The number of nitrogens with two attached hydrogens (primary N) is 1. The van der Waals surface area contributed by atoms with Gasteiger partial charge in [0.1, 0.15) is 29.4 Å². The average Bonchev–Trinajstić information content (AvgIpc) is 3.52. The molecule has 2 amide bonds. The van der Waals surface area contributed by atoms with E-state index in [1.165, 1.54) is 37.1 Å². The third-order valence-corrected chi connectivity index (χ3v) is 10.4. The van der Waals surface area contributed by atoms with Crippen LogP contribution in [0.3, 0.4) is 0 Å². The topological polar surface area (TPSA) is 225 Å². The zero-order chi connectivity index (χ0) is 38.0. The number of aliphatic carboxylic acids is 2. The van der Waals surface area contributed by atoms with Gasteiger partial charge in [-0.1, -0.05) is 47.6 Å². The highest BCUT2D eigenvalue weighted by Crippen LogP contribution is 2.41. The van der Waals surface area contributed by atoms with E-state index in [0.717, 1.165) is 46.0 Å². The molecule has 2 atom stereocenters. The number of oxime groups is 1. The number of thioether (sulfide) groups is 1. The molecule has 2 aliphatic heterocycles. The Morgan fingerprint density at radius 3 is 2.40 bits per heavy atom. The first-order valence-corrected chi connectivity index (χ1v) is 17.9. The molecule has 7 N–H and O–H groups in total. The number of carboxylic acid groups (broad SMARTS) is 2. The van der Waals surface area contributed by atoms with Crippen LogP contribution in [0, 0.1) is 0 Å². The number of β-lactam (4-membered cyclic amide) rings is 1. The largest absolute Gasteiger partial charge is 0.504 e. The van der Waals surface area contributed by atoms with Gasteiger partial charge in [-0.3, -0.25) is 14.5 Å². The third-order valence-electron chi connectivity index (χ3n) is 8.46. The van der Waals surface area contributed by atoms with Crippen LogP contribution in [0.15, 0.2) is 70.3 Å². The molecule has 274 valence electrons. The zero-order valence-electron chi connectivity index (χ0n) is 28.8. The van der Waals surface area contributed by atoms with E-state index in [1.807, 2.05) is 24.3 Å². The molecular formula is C35H39N6O9S2+. The molecule has 0 radical (unpaired) electrons. The van der Waals surface area contributed by atoms with Crippen molar-refractivity contribution in [1.82, 2.24) is 15.2 Å². The third kappa shape index (κ3) is 8.55. The average molecular weight is 752 g/mol. The molecule has 15 nitrogen and oxygen atoms in total. The summed E-state index contributed by atoms with van der Waals surface area (Å²) in [6, 6.07) is 11.6. The number of aromatic hydroxyl groups is 2. The SMILES string of the molecule is CC(C)(O/N=C(\C(=O)N[C@@H]1C(=O)N2C(C(=O)O)=C(/C=C/c3ccc(C[N+](C)(C)CCc4ccc(O)c(O)c4)cc3)CS[C@H]12)c1csc(N)n1)C(=O)O. The molecule has 0 saturated carbocycles. The van der Waals surface area contributed by atoms with Crippen molar-refractivity contribution in [3.05, 3.63) is 87.6 Å². The van der Waals surface area contributed by atoms with Crippen molar-refractivity contribution >= 4 is 63.8 Å². The highest BCUT2D eigenvalue weighted by molar-refractivity contribution is 8.00. The van der Waals surface area contributed by atoms with Crippen molar-refractivity contribution in [3.63, 3.8) is 0 Å². The summed E-state index contributed by atoms with van der Waals surface area (Å²) in [7, 11) is 4.21. The summed E-state index contributed by atoms with van der Waals surface area (Å²) < 4.78 is 0.680. The molecule has 5 rings (SSSR count). The van der Waals surface area contributed by atoms with Crippen LogP contribution in [0.2, 0.25) is 0 Å². The molecule has 17 heteroatoms. The Bertz CT molecular complexity index is 1990. The first kappa shape index (κ1) is 37.9. The molecule has 0 bridgehead atoms. The normalized spacial score (nSPS) is 17.9. The Hall–Kier alpha value is -5.39. The molecule has 1 aromatic heterocycles. The second-order valence-electron chi connectivity index (χ2n) is 13.4. The van der Waals surface area contributed by atoms with Crippen LogP contribution in [-0.4, -0.2) is 108 Å². The number of quaternary nitrogens is 1. The number of fused-ring (bicyclic) bond motifs is 1. The van der Waals surface area contributed by atoms with Crippen LogP contribution in [0.5, 0.6) is 11.5 Å². The second kappa shape index (κ2) is 15.1. The fraction of sp³-hybridized carbons (Fsp3) is 0.314. The molecule has 1 fully saturated rings. The minimum Gasteiger partial charge on any atom is -0.504 e. The summed E-state index contributed by atoms with van der Waals surface area (Å²) >= 11 is 2.31. The maximum absolute atomic E-state index is 13.3. The lowest BCUT2D eigenvalue weighted by Gasteiger charge is -2.49. The fourth-order valence-corrected chi connectivity index (χ4v) is 7.31. The Labute approximate surface area is 307 Å². The van der Waals surface area contributed by atoms with Crippen molar-refractivity contribution in [2.45, 2.75) is 43.8 Å². The number of amides is 2. The van der Waals surface area contributed by atoms with E-state index in [0.29, 0.717) is 16.5 Å². The molecule has 2 aromatic carbocycles. The Kier molecular flexibility index (Phi) is 11.0. The lowest BCUT2D eigenvalue weighted by molar-refractivity contribution is -0.903. The van der Waals surface area contributed by atoms with E-state index < -0.39 is 46.5 Å². The maximum Gasteiger partial charge on any atom is 0.352 e. The molecule has 3 heterocycles. The highest BCUT2D eigenvalue weighted by Gasteiger charge is 2.54. The highest BCUT2D eigenvalue weighted by atomic mass is 32.2. The number of nitrogen functional groups attached to an aromatic ring is 1. The van der Waals surface area contributed by atoms with Crippen LogP contribution in [0.25, 0.3) is 6.08 Å². The molecular weight excluding hydrogens is 713 g/mol. The van der Waals surface area contributed by atoms with E-state index in [-0.39, 0.29) is 33.8 Å². The molecule has 2 aliphatic rings. The maximum atomic E-state index is 13.3. The number of carbonyl (C=O) groups excluding carboxylic acids is 2. The van der Waals surface area contributed by atoms with Crippen molar-refractivity contribution < 1.29 is 48.9 Å². The van der Waals surface area contributed by atoms with Crippen molar-refractivity contribution in [2.75, 3.05) is 32.1 Å². The number of rotatable bonds is 14. The quantitative estimate of drug-likeness (QED) is 0.0460. The van der Waals surface area contributed by atoms with E-state index in [9.17, 15) is 39.6 Å². The lowest BCUT2D eigenvalue weighted by Crippen LogP contribution is -2.71. The molecule has 0 spiro atoms. The standard InChI is InChI=1S/C35H38N6O9S2/c1-35(2,33(48)49)50-39-26(23-18-52-34(36)37-23)29(44)38-27-30(45)40-28(32(46)47)22(17-51-31(27)40)11-9-19-5-7-21(8-6-19)16-41(3,4)14-13-20-10-12-24(42)25(43)15-20/h5-12,15,18,27,31H,13-14,16-17H2,1-4H3,(H6-,36,37,38,39,42,43,44,46,47,48,49)/p+1/b11-9+/t27-,31-/m1/s1. The predicted molar refractivity (Wildman–Crippen MR) is 195 cm³/mol. The number of allylic oxidation sites excluding steroid dienone is 1. The van der Waals surface area contributed by atoms with Gasteiger partial charge in [0.05, 0.1) is 20.6 Å². The summed E-state index contributed by atoms with van der Waals surface area (Å²) in [5.74, 6) is -4.16. The van der Waals surface area contributed by atoms with Gasteiger partial charge in [0.15, 0.2) is 22.3 Å². The fourth-order valence-electron chi connectivity index (χ4n) is 5.44. The first-order valence-electron chi connectivity index (χ1n) is 16.0. The number of phenolic OH excluding ortho intramolecular Hbond substituents is 2. The second-order valence-corrected chi connectivity index (χ2v) is 15.4. The van der Waals surface area contributed by atoms with E-state index >= 15 is 0 Å². The molecule has 3 aromatic rings. The molecule has 0 aliphatic carbocycles. The van der Waals surface area contributed by atoms with Gasteiger partial charge in [-0.25, -0.2) is 14.6 Å². The van der Waals surface area contributed by atoms with Gasteiger partial charge in [0.25, 0.3) is 11.8 Å². The number of likely N-dealkylation sites (N-methyl/N-ethyl adjacent to an activating group) is 1. The van der Waals surface area contributed by atoms with E-state index in [2.05, 4.69) is 29.6 Å². The van der Waals surface area contributed by atoms with Crippen LogP contribution >= 0.6 is 23.1 Å². The monoisotopic (exact) mass is 751 g/mol. The number of carboxylic acids is 2. The van der Waals surface area contributed by atoms with Crippen LogP contribution < -0.4 is 11.1 Å². The number of carbonyl (C=O) groups is 4. The van der Waals surface area contributed by atoms with Gasteiger partial charge in [0.2, 0.25) is 5.60 Å². The smallest absolute Gasteiger partial charge is 0.352 e. The summed E-state index contributed by atoms with van der Waals surface area (Å²) in [5.41, 5.74) is 6.67. The van der Waals surface area contributed by atoms with Gasteiger partial charge < -0.3 is 40.8 Å². The summed E-state index contributed by atoms with van der Waals surface area (Å²) in [4.78, 5) is 60.9.